The molecular weight excluding hydrogens is 330 g/mol. The summed E-state index contributed by atoms with van der Waals surface area (Å²) in [6.45, 7) is 1.39. The Hall–Kier alpha value is -2.30. The largest absolute Gasteiger partial charge is 0.481 e. The Labute approximate surface area is 133 Å². The highest BCUT2D eigenvalue weighted by molar-refractivity contribution is 5.73. The predicted octanol–water partition coefficient (Wildman–Crippen LogP) is -2.80. The predicted molar refractivity (Wildman–Crippen MR) is 68.6 cm³/mol. The van der Waals surface area contributed by atoms with E-state index in [0.717, 1.165) is 5.69 Å². The molecule has 1 N–H and O–H groups in total. The summed E-state index contributed by atoms with van der Waals surface area (Å²) in [4.78, 5) is 14.7. The number of nitrogens with zero attached hydrogens (tertiary/aromatic N) is 3. The number of hydrogen-bond donors (Lipinski definition) is 1. The van der Waals surface area contributed by atoms with E-state index in [-0.39, 0.29) is 5.91 Å². The molecule has 0 saturated carbocycles. The quantitative estimate of drug-likeness (QED) is 0.619. The van der Waals surface area contributed by atoms with E-state index >= 15 is 0 Å². The summed E-state index contributed by atoms with van der Waals surface area (Å²) in [5, 5.41) is 4.70. The van der Waals surface area contributed by atoms with E-state index in [1.54, 1.807) is 17.9 Å². The summed E-state index contributed by atoms with van der Waals surface area (Å²) >= 11 is 0. The van der Waals surface area contributed by atoms with Gasteiger partial charge in [-0.1, -0.05) is 18.2 Å². The highest BCUT2D eigenvalue weighted by Gasteiger charge is 2.03. The molecule has 0 unspecified atom stereocenters. The molecule has 0 saturated heterocycles. The third-order valence-corrected chi connectivity index (χ3v) is 2.28. The number of ether oxygens (including phenoxy) is 1. The Morgan fingerprint density at radius 2 is 1.87 bits per heavy atom. The van der Waals surface area contributed by atoms with Crippen molar-refractivity contribution in [2.75, 3.05) is 7.11 Å². The van der Waals surface area contributed by atoms with Crippen molar-refractivity contribution in [3.05, 3.63) is 48.0 Å². The summed E-state index contributed by atoms with van der Waals surface area (Å²) in [7, 11) is -3.14. The molecule has 0 aliphatic carbocycles. The summed E-state index contributed by atoms with van der Waals surface area (Å²) in [5.74, 6) is 0.250. The number of hydrogen-bond acceptors (Lipinski definition) is 7. The molecule has 1 amide bonds. The first-order chi connectivity index (χ1) is 10.7. The van der Waals surface area contributed by atoms with Crippen LogP contribution in [0, 0.1) is 10.2 Å². The second kappa shape index (κ2) is 8.36. The van der Waals surface area contributed by atoms with Gasteiger partial charge in [-0.25, -0.2) is 9.67 Å². The number of methoxy groups -OCH3 is 1. The van der Waals surface area contributed by atoms with Crippen LogP contribution in [0.5, 0.6) is 5.88 Å². The molecule has 0 atom stereocenters. The lowest BCUT2D eigenvalue weighted by molar-refractivity contribution is -1.92. The number of para-hydroxylation sites is 1. The highest BCUT2D eigenvalue weighted by Crippen LogP contribution is 2.12. The standard InChI is InChI=1S/C13H13N3O2.ClHO4/c1-10(17)15-11-8-13(18-2)16(14-9-11)12-6-4-3-5-7-12;2-1(3,4)5/h3-9H,1-2H3;(H,2,3,4,5). The van der Waals surface area contributed by atoms with Crippen LogP contribution in [0.4, 0.5) is 0 Å². The number of carbonyl (C=O) groups excluding carboxylic acids is 1. The average molecular weight is 344 g/mol. The molecule has 0 spiro atoms. The molecule has 2 rings (SSSR count). The molecule has 0 radical (unpaired) electrons. The zero-order valence-corrected chi connectivity index (χ0v) is 13.0. The molecule has 23 heavy (non-hydrogen) atoms. The third-order valence-electron chi connectivity index (χ3n) is 2.28. The Morgan fingerprint density at radius 3 is 2.35 bits per heavy atom. The SMILES string of the molecule is COc1cc(=NC(C)=O)cnn1-c1ccccc1.[O-][Cl+3]([O-])([O-])O. The first kappa shape index (κ1) is 18.7. The van der Waals surface area contributed by atoms with E-state index in [1.165, 1.54) is 13.1 Å². The van der Waals surface area contributed by atoms with Crippen molar-refractivity contribution in [1.82, 2.24) is 9.78 Å². The fourth-order valence-electron chi connectivity index (χ4n) is 1.55. The Bertz CT molecular complexity index is 706. The Kier molecular flexibility index (Phi) is 6.82. The number of aromatic nitrogens is 2. The zero-order chi connectivity index (χ0) is 17.5. The van der Waals surface area contributed by atoms with Crippen LogP contribution < -0.4 is 24.1 Å². The second-order valence-corrected chi connectivity index (χ2v) is 4.82. The van der Waals surface area contributed by atoms with Crippen molar-refractivity contribution in [2.24, 2.45) is 4.99 Å². The minimum atomic E-state index is -4.69. The third kappa shape index (κ3) is 7.49. The van der Waals surface area contributed by atoms with Crippen LogP contribution in [0.25, 0.3) is 5.69 Å². The van der Waals surface area contributed by atoms with E-state index < -0.39 is 10.2 Å². The van der Waals surface area contributed by atoms with Crippen molar-refractivity contribution in [3.63, 3.8) is 0 Å². The van der Waals surface area contributed by atoms with Crippen LogP contribution >= 0.6 is 0 Å². The van der Waals surface area contributed by atoms with Crippen LogP contribution in [-0.2, 0) is 4.79 Å². The normalized spacial score (nSPS) is 11.5. The van der Waals surface area contributed by atoms with E-state index in [0.29, 0.717) is 11.2 Å². The molecule has 0 fully saturated rings. The summed E-state index contributed by atoms with van der Waals surface area (Å²) in [6.07, 6.45) is 1.52. The maximum atomic E-state index is 10.9. The number of halogens is 1. The Balaban J connectivity index is 0.000000463. The topological polar surface area (TPSA) is 146 Å². The number of amides is 1. The molecule has 1 aromatic carbocycles. The molecule has 1 aromatic heterocycles. The summed E-state index contributed by atoms with van der Waals surface area (Å²) in [5.41, 5.74) is 0.878. The van der Waals surface area contributed by atoms with Crippen LogP contribution in [0.15, 0.2) is 47.6 Å². The summed E-state index contributed by atoms with van der Waals surface area (Å²) in [6, 6.07) is 11.3. The van der Waals surface area contributed by atoms with E-state index in [2.05, 4.69) is 10.1 Å². The van der Waals surface area contributed by atoms with Gasteiger partial charge in [0.25, 0.3) is 0 Å². The maximum Gasteiger partial charge on any atom is 0.243 e. The molecule has 124 valence electrons. The highest BCUT2D eigenvalue weighted by atomic mass is 35.7. The van der Waals surface area contributed by atoms with Crippen molar-refractivity contribution in [1.29, 1.82) is 0 Å². The van der Waals surface area contributed by atoms with Gasteiger partial charge in [0.2, 0.25) is 11.8 Å². The van der Waals surface area contributed by atoms with Gasteiger partial charge < -0.3 is 4.74 Å². The van der Waals surface area contributed by atoms with Gasteiger partial charge >= 0.3 is 0 Å². The lowest BCUT2D eigenvalue weighted by atomic mass is 10.3. The lowest BCUT2D eigenvalue weighted by Crippen LogP contribution is -2.58. The van der Waals surface area contributed by atoms with Gasteiger partial charge in [-0.2, -0.15) is 19.1 Å². The van der Waals surface area contributed by atoms with Gasteiger partial charge in [0.1, 0.15) is 0 Å². The van der Waals surface area contributed by atoms with Crippen molar-refractivity contribution in [2.45, 2.75) is 6.92 Å². The van der Waals surface area contributed by atoms with Crippen LogP contribution in [0.1, 0.15) is 6.92 Å². The molecule has 10 heteroatoms. The van der Waals surface area contributed by atoms with Crippen molar-refractivity contribution in [3.8, 4) is 11.6 Å². The van der Waals surface area contributed by atoms with E-state index in [4.69, 9.17) is 23.4 Å². The van der Waals surface area contributed by atoms with Gasteiger partial charge in [-0.15, -0.1) is 0 Å². The molecule has 1 heterocycles. The number of carbonyl (C=O) groups is 1. The minimum absolute atomic E-state index is 0.267. The molecule has 0 bridgehead atoms. The van der Waals surface area contributed by atoms with Gasteiger partial charge in [0.05, 0.1) is 39.3 Å². The molecular formula is C13H14ClN3O6. The second-order valence-electron chi connectivity index (χ2n) is 4.03. The minimum Gasteiger partial charge on any atom is -0.481 e. The van der Waals surface area contributed by atoms with Crippen molar-refractivity contribution < 1.29 is 38.4 Å². The first-order valence-electron chi connectivity index (χ1n) is 6.08. The molecule has 0 aliphatic heterocycles. The average Bonchev–Trinajstić information content (AvgIpc) is 2.45. The molecule has 0 aliphatic rings. The fraction of sp³-hybridized carbons (Fsp3) is 0.154. The van der Waals surface area contributed by atoms with Gasteiger partial charge in [0.15, 0.2) is 0 Å². The van der Waals surface area contributed by atoms with Crippen LogP contribution in [-0.4, -0.2) is 27.5 Å². The lowest BCUT2D eigenvalue weighted by Gasteiger charge is -2.10. The van der Waals surface area contributed by atoms with Gasteiger partial charge in [0, 0.05) is 13.0 Å². The van der Waals surface area contributed by atoms with Gasteiger partial charge in [-0.3, -0.25) is 4.79 Å². The van der Waals surface area contributed by atoms with Crippen LogP contribution in [0.2, 0.25) is 0 Å². The zero-order valence-electron chi connectivity index (χ0n) is 12.2. The van der Waals surface area contributed by atoms with Crippen molar-refractivity contribution >= 4 is 5.91 Å². The maximum absolute atomic E-state index is 10.9. The fourth-order valence-corrected chi connectivity index (χ4v) is 1.55. The first-order valence-corrected chi connectivity index (χ1v) is 7.34. The van der Waals surface area contributed by atoms with Crippen LogP contribution in [0.3, 0.4) is 0 Å². The summed E-state index contributed by atoms with van der Waals surface area (Å²) < 4.78 is 39.6. The molecule has 9 nitrogen and oxygen atoms in total. The van der Waals surface area contributed by atoms with E-state index in [1.807, 2.05) is 30.3 Å². The smallest absolute Gasteiger partial charge is 0.243 e. The molecule has 2 aromatic rings. The van der Waals surface area contributed by atoms with Gasteiger partial charge in [-0.05, 0) is 12.1 Å². The number of benzene rings is 1. The number of rotatable bonds is 2. The van der Waals surface area contributed by atoms with E-state index in [9.17, 15) is 4.79 Å². The monoisotopic (exact) mass is 343 g/mol. The Morgan fingerprint density at radius 1 is 1.30 bits per heavy atom.